The van der Waals surface area contributed by atoms with Crippen molar-refractivity contribution in [3.63, 3.8) is 0 Å². The molecular weight excluding hydrogens is 1760 g/mol. The number of carboxylic acids is 1. The normalized spacial score (nSPS) is 31.6. The Hall–Kier alpha value is -1.07. The van der Waals surface area contributed by atoms with Crippen LogP contribution in [0, 0.1) is 95.1 Å². The van der Waals surface area contributed by atoms with E-state index in [1.54, 1.807) is 6.92 Å². The number of hydrogen-bond donors (Lipinski definition) is 4. The Kier molecular flexibility index (Phi) is 55.2. The lowest BCUT2D eigenvalue weighted by Gasteiger charge is -2.45. The molecule has 20 rings (SSSR count). The predicted octanol–water partition coefficient (Wildman–Crippen LogP) is 30.0. The van der Waals surface area contributed by atoms with E-state index < -0.39 is 5.97 Å². The number of nitrogens with zero attached hydrogens (tertiary/aromatic N) is 1. The SMILES string of the molecule is CC(=O)C1CCC2(CCCCC2)CC1.CC(Cl)C1CCC2(CCCCC2)CC1.CC1(O)CCC2(CCCCC2)CC1.ClC1CCCC2(CCCCC2)CC1.N#CC1CCC2(CCCCC2)CC1.O=C(O)C1CCC2(CCCCC2)CC1.O=C1CCCC2(CCCCC2)CC1.O=C1CCCC2(CCCCC2)CC1.[Cl-].[Cl-].[NH2-].[NH2-].[NH3+]C1CCC2(CCCCC2)CC1.[NH3+]CC1CCC2(CCCCC2)CC1. The molecule has 0 amide bonds. The molecule has 0 saturated heterocycles. The van der Waals surface area contributed by atoms with Crippen LogP contribution >= 0.6 is 23.2 Å². The standard InChI is InChI=1S/C13H23Cl.C13H22O.C12H21Cl.C12H23N.C12H19N.C12H20O2.C12H22O.2C12H20O.C11H21N.2ClH.2H2N/c2*1-11(14)12-5-9-13(10-6-12)7-3-2-4-8-13;13-11-5-4-9-12(10-6-11)7-2-1-3-8-12;2*13-10-11-4-8-12(9-5-11)6-2-1-3-7-12;13-11(14)10-4-8-12(9-5-10)6-2-1-3-7-12;1-11(13)7-9-12(10-8-11)5-3-2-4-6-12;2*13-11-5-4-9-12(10-6-11)7-2-1-3-8-12;12-10-4-8-11(9-5-10)6-2-1-3-7-11;;;;/h11-12H,2-10H2,1H3;12H,2-10H2,1H3;11H,1-10H2;11H,1-10,13H2;11H,1-9H2;10H,1-9H2,(H,13,14);13H,2-10H2,1H3;2*1-10H2;10H,1-9,12H2;2*1H;2*1H2/q;;;;;;;;;;;;2*-1. The summed E-state index contributed by atoms with van der Waals surface area (Å²) in [6.07, 6.45) is 127. The van der Waals surface area contributed by atoms with Crippen LogP contribution in [0.5, 0.6) is 0 Å². The van der Waals surface area contributed by atoms with Gasteiger partial charge in [-0.25, -0.2) is 0 Å². The third kappa shape index (κ3) is 40.2. The third-order valence-electron chi connectivity index (χ3n) is 42.7. The van der Waals surface area contributed by atoms with E-state index in [-0.39, 0.29) is 48.6 Å². The van der Waals surface area contributed by atoms with Crippen LogP contribution in [-0.2, 0) is 19.2 Å². The number of aliphatic carboxylic acids is 1. The van der Waals surface area contributed by atoms with Gasteiger partial charge in [0.25, 0.3) is 0 Å². The minimum atomic E-state index is -0.573. The minimum absolute atomic E-state index is 0. The maximum Gasteiger partial charge on any atom is 0.306 e. The highest BCUT2D eigenvalue weighted by Crippen LogP contribution is 2.58. The molecule has 2 unspecified atom stereocenters. The lowest BCUT2D eigenvalue weighted by atomic mass is 9.62. The van der Waals surface area contributed by atoms with Crippen molar-refractivity contribution in [1.29, 1.82) is 5.26 Å². The molecule has 792 valence electrons. The van der Waals surface area contributed by atoms with Crippen molar-refractivity contribution in [2.24, 2.45) is 83.7 Å². The lowest BCUT2D eigenvalue weighted by Crippen LogP contribution is -3.00. The highest BCUT2D eigenvalue weighted by Gasteiger charge is 2.46. The van der Waals surface area contributed by atoms with Gasteiger partial charge in [-0.2, -0.15) is 5.26 Å². The molecule has 12 N–H and O–H groups in total. The lowest BCUT2D eigenvalue weighted by molar-refractivity contribution is -0.428. The van der Waals surface area contributed by atoms with Crippen molar-refractivity contribution in [3.8, 4) is 6.07 Å². The molecule has 0 bridgehead atoms. The van der Waals surface area contributed by atoms with E-state index in [1.807, 2.05) is 6.92 Å². The van der Waals surface area contributed by atoms with Crippen LogP contribution in [0.3, 0.4) is 0 Å². The van der Waals surface area contributed by atoms with E-state index >= 15 is 0 Å². The first kappa shape index (κ1) is 122. The van der Waals surface area contributed by atoms with E-state index in [2.05, 4.69) is 24.5 Å². The summed E-state index contributed by atoms with van der Waals surface area (Å²) in [6, 6.07) is 3.20. The summed E-state index contributed by atoms with van der Waals surface area (Å²) in [7, 11) is 0. The van der Waals surface area contributed by atoms with Crippen molar-refractivity contribution < 1.29 is 65.7 Å². The molecule has 20 aliphatic carbocycles. The second kappa shape index (κ2) is 61.6. The van der Waals surface area contributed by atoms with Crippen molar-refractivity contribution in [2.45, 2.75) is 640 Å². The van der Waals surface area contributed by atoms with Gasteiger partial charge in [-0.15, -0.1) is 23.2 Å². The van der Waals surface area contributed by atoms with Crippen LogP contribution in [0.15, 0.2) is 0 Å². The number of carboxylic acid groups (broad SMARTS) is 1. The van der Waals surface area contributed by atoms with E-state index in [0.29, 0.717) is 72.4 Å². The van der Waals surface area contributed by atoms with Crippen LogP contribution in [0.1, 0.15) is 618 Å². The number of nitriles is 1. The molecule has 0 aliphatic heterocycles. The largest absolute Gasteiger partial charge is 1.00 e. The van der Waals surface area contributed by atoms with Gasteiger partial charge < -0.3 is 58.8 Å². The predicted molar refractivity (Wildman–Crippen MR) is 566 cm³/mol. The van der Waals surface area contributed by atoms with Gasteiger partial charge in [-0.1, -0.05) is 199 Å². The number of rotatable bonds is 4. The Labute approximate surface area is 860 Å². The molecule has 2 atom stereocenters. The zero-order valence-electron chi connectivity index (χ0n) is 89.1. The molecule has 0 heterocycles. The number of alkyl halides is 2. The minimum Gasteiger partial charge on any atom is -1.00 e. The first-order chi connectivity index (χ1) is 63.7. The number of hydrogen-bond acceptors (Lipinski definition) is 6. The molecule has 20 fully saturated rings. The fourth-order valence-electron chi connectivity index (χ4n) is 32.5. The quantitative estimate of drug-likeness (QED) is 0.198. The smallest absolute Gasteiger partial charge is 0.306 e. The first-order valence-electron chi connectivity index (χ1n) is 59.5. The molecule has 10 spiro atoms. The summed E-state index contributed by atoms with van der Waals surface area (Å²) in [5.41, 5.74) is 14.8. The third-order valence-corrected chi connectivity index (χ3v) is 43.5. The zero-order valence-corrected chi connectivity index (χ0v) is 92.2. The van der Waals surface area contributed by atoms with E-state index in [9.17, 15) is 24.3 Å². The molecule has 15 heteroatoms. The summed E-state index contributed by atoms with van der Waals surface area (Å²) in [6.45, 7) is 7.12. The second-order valence-electron chi connectivity index (χ2n) is 52.0. The molecule has 0 radical (unpaired) electrons. The maximum absolute atomic E-state index is 11.3. The van der Waals surface area contributed by atoms with Gasteiger partial charge in [-0.3, -0.25) is 19.2 Å². The Balaban J connectivity index is 0.000000205. The van der Waals surface area contributed by atoms with Gasteiger partial charge in [-0.05, 0) is 453 Å². The summed E-state index contributed by atoms with van der Waals surface area (Å²) in [5.74, 6) is 3.41. The van der Waals surface area contributed by atoms with Gasteiger partial charge in [0.2, 0.25) is 0 Å². The average Bonchev–Trinajstić information content (AvgIpc) is 1.09. The number of Topliss-reactive ketones (excluding diaryl/α,β-unsaturated/α-hetero) is 3. The number of halogens is 4. The van der Waals surface area contributed by atoms with Gasteiger partial charge >= 0.3 is 5.97 Å². The highest BCUT2D eigenvalue weighted by molar-refractivity contribution is 6.20. The van der Waals surface area contributed by atoms with E-state index in [0.717, 1.165) is 90.9 Å². The molecule has 0 aromatic carbocycles. The number of nitrogens with two attached hydrogens (primary N) is 2. The molecule has 20 saturated carbocycles. The van der Waals surface area contributed by atoms with E-state index in [1.165, 1.54) is 552 Å². The second-order valence-corrected chi connectivity index (χ2v) is 53.3. The molecule has 0 aromatic heterocycles. The zero-order chi connectivity index (χ0) is 93.6. The molecule has 11 nitrogen and oxygen atoms in total. The van der Waals surface area contributed by atoms with Crippen LogP contribution in [0.25, 0.3) is 12.3 Å². The summed E-state index contributed by atoms with van der Waals surface area (Å²) in [4.78, 5) is 44.7. The van der Waals surface area contributed by atoms with Crippen molar-refractivity contribution >= 4 is 46.5 Å². The van der Waals surface area contributed by atoms with Gasteiger partial charge in [0, 0.05) is 54.2 Å². The fourth-order valence-corrected chi connectivity index (χ4v) is 33.0. The van der Waals surface area contributed by atoms with Crippen molar-refractivity contribution in [3.05, 3.63) is 12.3 Å². The van der Waals surface area contributed by atoms with Gasteiger partial charge in [0.15, 0.2) is 0 Å². The van der Waals surface area contributed by atoms with E-state index in [4.69, 9.17) is 33.6 Å². The first-order valence-corrected chi connectivity index (χ1v) is 60.4. The molecule has 136 heavy (non-hydrogen) atoms. The van der Waals surface area contributed by atoms with Crippen molar-refractivity contribution in [1.82, 2.24) is 0 Å². The Morgan fingerprint density at radius 1 is 0.338 bits per heavy atom. The van der Waals surface area contributed by atoms with Crippen LogP contribution in [0.2, 0.25) is 0 Å². The Bertz CT molecular complexity index is 3130. The highest BCUT2D eigenvalue weighted by atomic mass is 35.5. The number of aliphatic hydroxyl groups is 1. The monoisotopic (exact) mass is 1980 g/mol. The Morgan fingerprint density at radius 3 is 0.868 bits per heavy atom. The van der Waals surface area contributed by atoms with Crippen LogP contribution < -0.4 is 36.3 Å². The van der Waals surface area contributed by atoms with Gasteiger partial charge in [0.1, 0.15) is 17.3 Å². The number of quaternary nitrogens is 2. The topological polar surface area (TPSA) is 255 Å². The number of ketones is 3. The maximum atomic E-state index is 11.3. The van der Waals surface area contributed by atoms with Crippen molar-refractivity contribution in [2.75, 3.05) is 6.54 Å². The molecule has 0 aromatic rings. The van der Waals surface area contributed by atoms with Crippen LogP contribution in [0.4, 0.5) is 0 Å². The van der Waals surface area contributed by atoms with Crippen LogP contribution in [-0.4, -0.2) is 62.5 Å². The number of carbonyl (C=O) groups is 4. The summed E-state index contributed by atoms with van der Waals surface area (Å²) < 4.78 is 0. The Morgan fingerprint density at radius 2 is 0.581 bits per heavy atom. The summed E-state index contributed by atoms with van der Waals surface area (Å²) in [5, 5.41) is 28.5. The number of carbonyl (C=O) groups excluding carboxylic acids is 3. The average molecular weight is 1980 g/mol. The fraction of sp³-hybridized carbons (Fsp3) is 0.959. The summed E-state index contributed by atoms with van der Waals surface area (Å²) >= 11 is 12.4. The molecule has 20 aliphatic rings. The van der Waals surface area contributed by atoms with Gasteiger partial charge in [0.05, 0.1) is 30.2 Å². The molecular formula is C121H217Cl4N5O6-2.